The van der Waals surface area contributed by atoms with Gasteiger partial charge in [0.05, 0.1) is 11.5 Å². The molecule has 0 spiro atoms. The number of rotatable bonds is 2. The van der Waals surface area contributed by atoms with Crippen molar-refractivity contribution in [1.82, 2.24) is 0 Å². The summed E-state index contributed by atoms with van der Waals surface area (Å²) in [5, 5.41) is 10.7. The van der Waals surface area contributed by atoms with Gasteiger partial charge in [0.1, 0.15) is 0 Å². The highest BCUT2D eigenvalue weighted by molar-refractivity contribution is 6.26. The van der Waals surface area contributed by atoms with Gasteiger partial charge in [-0.25, -0.2) is 0 Å². The number of carbonyl (C=O) groups excluding carboxylic acids is 2. The fourth-order valence-electron chi connectivity index (χ4n) is 5.88. The van der Waals surface area contributed by atoms with Gasteiger partial charge in [-0.2, -0.15) is 0 Å². The number of aliphatic hydroxyl groups excluding tert-OH is 1. The number of allylic oxidation sites excluding steroid dienone is 12. The van der Waals surface area contributed by atoms with Crippen molar-refractivity contribution in [2.24, 2.45) is 29.6 Å². The number of ketones is 2. The second-order valence-electron chi connectivity index (χ2n) is 8.71. The number of aliphatic hydroxyl groups is 1. The molecule has 5 rings (SSSR count). The zero-order chi connectivity index (χ0) is 19.3. The summed E-state index contributed by atoms with van der Waals surface area (Å²) in [5.41, 5.74) is 2.06. The lowest BCUT2D eigenvalue weighted by atomic mass is 9.75. The highest BCUT2D eigenvalue weighted by Gasteiger charge is 2.51. The van der Waals surface area contributed by atoms with Crippen LogP contribution in [0.5, 0.6) is 0 Å². The molecule has 0 heterocycles. The Morgan fingerprint density at radius 2 is 1.75 bits per heavy atom. The van der Waals surface area contributed by atoms with Crippen molar-refractivity contribution in [3.05, 3.63) is 71.1 Å². The Bertz CT molecular complexity index is 908. The van der Waals surface area contributed by atoms with Crippen molar-refractivity contribution in [2.45, 2.75) is 38.5 Å². The van der Waals surface area contributed by atoms with E-state index in [0.717, 1.165) is 30.4 Å². The van der Waals surface area contributed by atoms with Crippen LogP contribution in [0.4, 0.5) is 0 Å². The van der Waals surface area contributed by atoms with Crippen LogP contribution in [0.25, 0.3) is 0 Å². The second-order valence-corrected chi connectivity index (χ2v) is 8.71. The first kappa shape index (κ1) is 17.7. The van der Waals surface area contributed by atoms with Crippen LogP contribution in [0.1, 0.15) is 38.5 Å². The first-order chi connectivity index (χ1) is 13.7. The molecule has 5 aliphatic rings. The predicted molar refractivity (Wildman–Crippen MR) is 108 cm³/mol. The molecule has 1 N–H and O–H groups in total. The van der Waals surface area contributed by atoms with Crippen LogP contribution < -0.4 is 0 Å². The minimum Gasteiger partial charge on any atom is -0.504 e. The summed E-state index contributed by atoms with van der Waals surface area (Å²) in [5.74, 6) is -0.609. The second kappa shape index (κ2) is 6.88. The first-order valence-electron chi connectivity index (χ1n) is 10.6. The van der Waals surface area contributed by atoms with Gasteiger partial charge < -0.3 is 5.11 Å². The van der Waals surface area contributed by atoms with E-state index >= 15 is 0 Å². The highest BCUT2D eigenvalue weighted by atomic mass is 16.3. The van der Waals surface area contributed by atoms with Crippen LogP contribution in [-0.4, -0.2) is 16.7 Å². The molecule has 0 aromatic carbocycles. The molecule has 28 heavy (non-hydrogen) atoms. The number of hydrogen-bond acceptors (Lipinski definition) is 3. The third-order valence-corrected chi connectivity index (χ3v) is 7.26. The third kappa shape index (κ3) is 2.63. The fraction of sp³-hybridized carbons (Fsp3) is 0.440. The van der Waals surface area contributed by atoms with E-state index in [0.29, 0.717) is 11.8 Å². The molecule has 144 valence electrons. The normalized spacial score (nSPS) is 36.9. The van der Waals surface area contributed by atoms with E-state index in [1.807, 2.05) is 30.4 Å². The molecular formula is C25H26O3. The maximum absolute atomic E-state index is 13.4. The summed E-state index contributed by atoms with van der Waals surface area (Å²) in [6, 6.07) is 0. The lowest BCUT2D eigenvalue weighted by molar-refractivity contribution is -0.129. The van der Waals surface area contributed by atoms with Gasteiger partial charge in [-0.1, -0.05) is 67.9 Å². The molecule has 0 saturated heterocycles. The minimum absolute atomic E-state index is 0.0662. The van der Waals surface area contributed by atoms with E-state index in [1.54, 1.807) is 0 Å². The summed E-state index contributed by atoms with van der Waals surface area (Å²) in [4.78, 5) is 26.5. The fourth-order valence-corrected chi connectivity index (χ4v) is 5.88. The van der Waals surface area contributed by atoms with Gasteiger partial charge in [0.15, 0.2) is 11.5 Å². The summed E-state index contributed by atoms with van der Waals surface area (Å²) in [6.45, 7) is 0. The molecule has 1 saturated carbocycles. The van der Waals surface area contributed by atoms with Crippen LogP contribution in [0.2, 0.25) is 0 Å². The maximum Gasteiger partial charge on any atom is 0.209 e. The van der Waals surface area contributed by atoms with Gasteiger partial charge in [0.2, 0.25) is 5.78 Å². The van der Waals surface area contributed by atoms with Gasteiger partial charge in [-0.05, 0) is 48.2 Å². The summed E-state index contributed by atoms with van der Waals surface area (Å²) < 4.78 is 0. The van der Waals surface area contributed by atoms with Gasteiger partial charge >= 0.3 is 0 Å². The van der Waals surface area contributed by atoms with E-state index in [4.69, 9.17) is 0 Å². The topological polar surface area (TPSA) is 54.4 Å². The molecule has 0 aromatic heterocycles. The van der Waals surface area contributed by atoms with E-state index in [-0.39, 0.29) is 34.7 Å². The molecule has 0 aliphatic heterocycles. The molecule has 3 nitrogen and oxygen atoms in total. The first-order valence-corrected chi connectivity index (χ1v) is 10.6. The highest BCUT2D eigenvalue weighted by Crippen LogP contribution is 2.49. The van der Waals surface area contributed by atoms with Crippen molar-refractivity contribution >= 4 is 11.6 Å². The third-order valence-electron chi connectivity index (χ3n) is 7.26. The van der Waals surface area contributed by atoms with E-state index in [9.17, 15) is 14.7 Å². The molecule has 0 amide bonds. The van der Waals surface area contributed by atoms with Crippen LogP contribution in [0.3, 0.4) is 0 Å². The Hall–Kier alpha value is -2.42. The van der Waals surface area contributed by atoms with E-state index < -0.39 is 5.92 Å². The number of carbonyl (C=O) groups is 2. The summed E-state index contributed by atoms with van der Waals surface area (Å²) >= 11 is 0. The van der Waals surface area contributed by atoms with Crippen molar-refractivity contribution in [2.75, 3.05) is 0 Å². The van der Waals surface area contributed by atoms with Crippen LogP contribution in [0, 0.1) is 29.6 Å². The van der Waals surface area contributed by atoms with Crippen molar-refractivity contribution in [3.63, 3.8) is 0 Å². The van der Waals surface area contributed by atoms with Gasteiger partial charge in [0.25, 0.3) is 0 Å². The minimum atomic E-state index is -0.739. The summed E-state index contributed by atoms with van der Waals surface area (Å²) in [6.07, 6.45) is 23.0. The monoisotopic (exact) mass is 374 g/mol. The molecule has 5 aliphatic carbocycles. The van der Waals surface area contributed by atoms with Gasteiger partial charge in [-0.15, -0.1) is 0 Å². The predicted octanol–water partition coefficient (Wildman–Crippen LogP) is 4.95. The van der Waals surface area contributed by atoms with E-state index in [1.165, 1.54) is 19.3 Å². The van der Waals surface area contributed by atoms with Gasteiger partial charge in [0, 0.05) is 5.92 Å². The van der Waals surface area contributed by atoms with Crippen molar-refractivity contribution in [1.29, 1.82) is 0 Å². The Kier molecular flexibility index (Phi) is 4.34. The lowest BCUT2D eigenvalue weighted by Crippen LogP contribution is -2.31. The number of fused-ring (bicyclic) bond motifs is 2. The largest absolute Gasteiger partial charge is 0.504 e. The van der Waals surface area contributed by atoms with Crippen molar-refractivity contribution < 1.29 is 14.7 Å². The molecule has 5 atom stereocenters. The molecule has 0 bridgehead atoms. The molecule has 5 unspecified atom stereocenters. The van der Waals surface area contributed by atoms with Crippen LogP contribution >= 0.6 is 0 Å². The zero-order valence-corrected chi connectivity index (χ0v) is 16.0. The van der Waals surface area contributed by atoms with Crippen LogP contribution in [0.15, 0.2) is 71.1 Å². The number of hydrogen-bond donors (Lipinski definition) is 1. The zero-order valence-electron chi connectivity index (χ0n) is 16.0. The quantitative estimate of drug-likeness (QED) is 0.550. The van der Waals surface area contributed by atoms with Gasteiger partial charge in [-0.3, -0.25) is 9.59 Å². The standard InChI is InChI=1S/C25H26O3/c26-23-21(19-13-11-15-7-3-1-5-9-17(15)19)24(27)25(28)22(23)20-14-12-16-8-4-2-6-10-18(16)20/h1,3,5,7,9,12-16,18,20,22,27H,2,4,6,8,10-11H2. The Morgan fingerprint density at radius 1 is 0.893 bits per heavy atom. The summed E-state index contributed by atoms with van der Waals surface area (Å²) in [7, 11) is 0. The Balaban J connectivity index is 1.46. The smallest absolute Gasteiger partial charge is 0.209 e. The maximum atomic E-state index is 13.4. The SMILES string of the molecule is O=C1C(O)=C(C2=CCC3C=CC=CC=C23)C(=O)C1C1C=CC2CCCCCC21. The molecule has 3 heteroatoms. The number of Topliss-reactive ketones (excluding diaryl/α,β-unsaturated/α-hetero) is 2. The van der Waals surface area contributed by atoms with E-state index in [2.05, 4.69) is 18.2 Å². The molecule has 0 aromatic rings. The van der Waals surface area contributed by atoms with Crippen LogP contribution in [-0.2, 0) is 9.59 Å². The van der Waals surface area contributed by atoms with Crippen molar-refractivity contribution in [3.8, 4) is 0 Å². The molecule has 1 fully saturated rings. The molecule has 0 radical (unpaired) electrons. The average molecular weight is 374 g/mol. The molecular weight excluding hydrogens is 348 g/mol. The lowest BCUT2D eigenvalue weighted by Gasteiger charge is -2.26. The average Bonchev–Trinajstić information content (AvgIpc) is 3.16. The Labute approximate surface area is 165 Å². The Morgan fingerprint density at radius 3 is 2.64 bits per heavy atom.